The van der Waals surface area contributed by atoms with Crippen LogP contribution in [-0.2, 0) is 0 Å². The number of aromatic carboxylic acids is 2. The van der Waals surface area contributed by atoms with Crippen molar-refractivity contribution >= 4 is 59.3 Å². The summed E-state index contributed by atoms with van der Waals surface area (Å²) < 4.78 is 2.17. The van der Waals surface area contributed by atoms with Crippen LogP contribution in [0.1, 0.15) is 20.7 Å². The monoisotopic (exact) mass is 368 g/mol. The maximum Gasteiger partial charge on any atom is 0.336 e. The van der Waals surface area contributed by atoms with Gasteiger partial charge < -0.3 is 10.2 Å². The molecule has 3 aromatic rings. The van der Waals surface area contributed by atoms with E-state index in [1.165, 1.54) is 34.8 Å². The van der Waals surface area contributed by atoms with Crippen molar-refractivity contribution in [2.24, 2.45) is 0 Å². The summed E-state index contributed by atoms with van der Waals surface area (Å²) in [6.45, 7) is 2.03. The summed E-state index contributed by atoms with van der Waals surface area (Å²) in [5, 5.41) is 19.3. The summed E-state index contributed by atoms with van der Waals surface area (Å²) >= 11 is 2.94. The first kappa shape index (κ1) is 17.5. The van der Waals surface area contributed by atoms with Gasteiger partial charge in [0, 0.05) is 20.9 Å². The van der Waals surface area contributed by atoms with Crippen molar-refractivity contribution in [2.75, 3.05) is 0 Å². The molecule has 0 aliphatic rings. The van der Waals surface area contributed by atoms with Crippen molar-refractivity contribution < 1.29 is 19.8 Å². The van der Waals surface area contributed by atoms with Gasteiger partial charge >= 0.3 is 11.9 Å². The average molecular weight is 368 g/mol. The van der Waals surface area contributed by atoms with Crippen molar-refractivity contribution in [3.8, 4) is 20.9 Å². The maximum atomic E-state index is 11.8. The molecule has 0 spiro atoms. The number of carboxylic acids is 2. The van der Waals surface area contributed by atoms with Gasteiger partial charge in [0.2, 0.25) is 0 Å². The first-order chi connectivity index (χ1) is 11.9. The Hall–Kier alpha value is -2.31. The van der Waals surface area contributed by atoms with Gasteiger partial charge in [-0.3, -0.25) is 0 Å². The predicted octanol–water partition coefficient (Wildman–Crippen LogP) is 1.91. The predicted molar refractivity (Wildman–Crippen MR) is 108 cm³/mol. The van der Waals surface area contributed by atoms with E-state index in [2.05, 4.69) is 0 Å². The second kappa shape index (κ2) is 6.90. The molecular weight excluding hydrogens is 354 g/mol. The Kier molecular flexibility index (Phi) is 4.83. The number of benzene rings is 1. The van der Waals surface area contributed by atoms with E-state index < -0.39 is 11.9 Å². The number of carbonyl (C=O) groups is 2. The molecule has 1 aromatic carbocycles. The fourth-order valence-electron chi connectivity index (χ4n) is 2.65. The molecule has 0 fully saturated rings. The van der Waals surface area contributed by atoms with E-state index in [0.717, 1.165) is 26.6 Å². The Morgan fingerprint density at radius 1 is 0.920 bits per heavy atom. The molecule has 0 radical (unpaired) electrons. The summed E-state index contributed by atoms with van der Waals surface area (Å²) in [5.41, 5.74) is 1.13. The quantitative estimate of drug-likeness (QED) is 0.675. The molecular formula is C17H14B2O4S2. The minimum absolute atomic E-state index is 0.119. The Labute approximate surface area is 154 Å². The molecule has 124 valence electrons. The van der Waals surface area contributed by atoms with Gasteiger partial charge in [0.25, 0.3) is 0 Å². The van der Waals surface area contributed by atoms with E-state index in [1.54, 1.807) is 0 Å². The molecule has 0 amide bonds. The van der Waals surface area contributed by atoms with Crippen molar-refractivity contribution in [3.05, 3.63) is 47.5 Å². The Bertz CT molecular complexity index is 975. The zero-order chi connectivity index (χ0) is 18.1. The molecule has 0 unspecified atom stereocenters. The third-order valence-electron chi connectivity index (χ3n) is 3.90. The number of carboxylic acid groups (broad SMARTS) is 2. The Morgan fingerprint density at radius 2 is 1.44 bits per heavy atom. The number of thiophene rings is 2. The third-order valence-corrected chi connectivity index (χ3v) is 6.20. The van der Waals surface area contributed by atoms with Crippen LogP contribution in [0.4, 0.5) is 0 Å². The van der Waals surface area contributed by atoms with Gasteiger partial charge in [0.1, 0.15) is 0 Å². The molecule has 0 atom stereocenters. The van der Waals surface area contributed by atoms with E-state index in [4.69, 9.17) is 0 Å². The summed E-state index contributed by atoms with van der Waals surface area (Å²) in [4.78, 5) is 25.1. The standard InChI is InChI=1S/C17H14B2O4S2/c1-19-15-5-3-13(25-15)9-7-10(16(20)21)8(6-11(9)17(22)23)12-2-4-14(18)24-12/h2-7,19H,18H2,1H3,(H,20,21)(H,22,23). The Morgan fingerprint density at radius 3 is 1.84 bits per heavy atom. The highest BCUT2D eigenvalue weighted by Crippen LogP contribution is 2.35. The minimum Gasteiger partial charge on any atom is -0.478 e. The van der Waals surface area contributed by atoms with Crippen LogP contribution >= 0.6 is 22.7 Å². The summed E-state index contributed by atoms with van der Waals surface area (Å²) in [5.74, 6) is -2.13. The van der Waals surface area contributed by atoms with Crippen LogP contribution in [0.2, 0.25) is 6.82 Å². The molecule has 0 saturated carbocycles. The zero-order valence-corrected chi connectivity index (χ0v) is 15.3. The van der Waals surface area contributed by atoms with Gasteiger partial charge in [-0.1, -0.05) is 19.0 Å². The molecule has 2 aromatic heterocycles. The number of hydrogen-bond acceptors (Lipinski definition) is 4. The number of hydrogen-bond donors (Lipinski definition) is 2. The van der Waals surface area contributed by atoms with Crippen molar-refractivity contribution in [2.45, 2.75) is 6.82 Å². The molecule has 3 rings (SSSR count). The maximum absolute atomic E-state index is 11.8. The topological polar surface area (TPSA) is 74.6 Å². The molecule has 8 heteroatoms. The molecule has 2 heterocycles. The van der Waals surface area contributed by atoms with E-state index in [0.29, 0.717) is 11.1 Å². The summed E-state index contributed by atoms with van der Waals surface area (Å²) in [6.07, 6.45) is 0. The minimum atomic E-state index is -1.06. The second-order valence-electron chi connectivity index (χ2n) is 5.58. The smallest absolute Gasteiger partial charge is 0.336 e. The van der Waals surface area contributed by atoms with E-state index in [-0.39, 0.29) is 11.1 Å². The first-order valence-corrected chi connectivity index (χ1v) is 9.34. The van der Waals surface area contributed by atoms with Gasteiger partial charge in [-0.15, -0.1) is 0 Å². The van der Waals surface area contributed by atoms with Gasteiger partial charge in [-0.2, -0.15) is 22.7 Å². The van der Waals surface area contributed by atoms with Crippen LogP contribution in [0.5, 0.6) is 0 Å². The lowest BCUT2D eigenvalue weighted by Crippen LogP contribution is -2.06. The molecule has 2 N–H and O–H groups in total. The van der Waals surface area contributed by atoms with Gasteiger partial charge in [0.15, 0.2) is 15.1 Å². The molecule has 25 heavy (non-hydrogen) atoms. The van der Waals surface area contributed by atoms with Gasteiger partial charge in [0.05, 0.1) is 11.1 Å². The van der Waals surface area contributed by atoms with Crippen LogP contribution < -0.4 is 9.55 Å². The molecule has 0 aliphatic carbocycles. The average Bonchev–Trinajstić information content (AvgIpc) is 3.22. The summed E-state index contributed by atoms with van der Waals surface area (Å²) in [6, 6.07) is 10.5. The van der Waals surface area contributed by atoms with Crippen molar-refractivity contribution in [3.63, 3.8) is 0 Å². The van der Waals surface area contributed by atoms with E-state index in [9.17, 15) is 19.8 Å². The molecule has 0 aliphatic heterocycles. The van der Waals surface area contributed by atoms with Gasteiger partial charge in [-0.25, -0.2) is 9.59 Å². The fraction of sp³-hybridized carbons (Fsp3) is 0.0588. The highest BCUT2D eigenvalue weighted by Gasteiger charge is 2.22. The first-order valence-electron chi connectivity index (χ1n) is 7.71. The Balaban J connectivity index is 2.27. The molecule has 0 saturated heterocycles. The van der Waals surface area contributed by atoms with Crippen LogP contribution in [0.25, 0.3) is 20.9 Å². The fourth-order valence-corrected chi connectivity index (χ4v) is 4.53. The highest BCUT2D eigenvalue weighted by molar-refractivity contribution is 7.24. The largest absolute Gasteiger partial charge is 0.478 e. The van der Waals surface area contributed by atoms with Crippen LogP contribution in [0.15, 0.2) is 36.4 Å². The molecule has 0 bridgehead atoms. The second-order valence-corrected chi connectivity index (χ2v) is 8.04. The van der Waals surface area contributed by atoms with Gasteiger partial charge in [-0.05, 0) is 33.8 Å². The normalized spacial score (nSPS) is 10.6. The number of rotatable bonds is 5. The lowest BCUT2D eigenvalue weighted by molar-refractivity contribution is 0.0682. The summed E-state index contributed by atoms with van der Waals surface area (Å²) in [7, 11) is 2.78. The van der Waals surface area contributed by atoms with Crippen LogP contribution in [0, 0.1) is 0 Å². The van der Waals surface area contributed by atoms with Crippen LogP contribution in [-0.4, -0.2) is 37.3 Å². The van der Waals surface area contributed by atoms with E-state index >= 15 is 0 Å². The lowest BCUT2D eigenvalue weighted by atomic mass is 9.81. The lowest BCUT2D eigenvalue weighted by Gasteiger charge is -2.11. The molecule has 4 nitrogen and oxygen atoms in total. The van der Waals surface area contributed by atoms with Crippen molar-refractivity contribution in [1.29, 1.82) is 0 Å². The van der Waals surface area contributed by atoms with Crippen molar-refractivity contribution in [1.82, 2.24) is 0 Å². The SMILES string of the molecule is Bc1ccc(-c2cc(C(=O)O)c(-c3ccc(BC)s3)cc2C(=O)O)s1. The van der Waals surface area contributed by atoms with E-state index in [1.807, 2.05) is 38.9 Å². The third kappa shape index (κ3) is 3.41. The zero-order valence-electron chi connectivity index (χ0n) is 13.7. The highest BCUT2D eigenvalue weighted by atomic mass is 32.1. The van der Waals surface area contributed by atoms with Crippen LogP contribution in [0.3, 0.4) is 0 Å².